The molecule has 32 heavy (non-hydrogen) atoms. The van der Waals surface area contributed by atoms with E-state index in [4.69, 9.17) is 9.47 Å². The van der Waals surface area contributed by atoms with Crippen molar-refractivity contribution >= 4 is 11.7 Å². The van der Waals surface area contributed by atoms with Gasteiger partial charge >= 0.3 is 5.69 Å². The van der Waals surface area contributed by atoms with Gasteiger partial charge in [0.25, 0.3) is 5.56 Å². The Bertz CT molecular complexity index is 1050. The summed E-state index contributed by atoms with van der Waals surface area (Å²) in [6.45, 7) is 4.39. The molecule has 9 heteroatoms. The maximum absolute atomic E-state index is 12.8. The Hall–Kier alpha value is -3.23. The standard InChI is InChI=1S/C23H32N4O5/c1-4-12-27-20(15-21(28)25(2)23(27)30)26-13-7-8-17(16-26)22(29)24-11-14-32-19-10-6-5-9-18(19)31-3/h5-6,9-10,15,17H,4,7-8,11-14,16H2,1-3H3,(H,24,29). The molecule has 2 aromatic rings. The SMILES string of the molecule is CCCn1c(N2CCCC(C(=O)NCCOc3ccccc3OC)C2)cc(=O)n(C)c1=O. The minimum absolute atomic E-state index is 0.0495. The van der Waals surface area contributed by atoms with Gasteiger partial charge < -0.3 is 19.7 Å². The lowest BCUT2D eigenvalue weighted by Gasteiger charge is -2.34. The van der Waals surface area contributed by atoms with Crippen molar-refractivity contribution in [2.45, 2.75) is 32.7 Å². The fourth-order valence-electron chi connectivity index (χ4n) is 3.97. The highest BCUT2D eigenvalue weighted by molar-refractivity contribution is 5.79. The van der Waals surface area contributed by atoms with Gasteiger partial charge in [0.05, 0.1) is 19.6 Å². The van der Waals surface area contributed by atoms with E-state index in [9.17, 15) is 14.4 Å². The molecule has 174 valence electrons. The fraction of sp³-hybridized carbons (Fsp3) is 0.522. The first-order valence-electron chi connectivity index (χ1n) is 11.1. The molecule has 0 bridgehead atoms. The highest BCUT2D eigenvalue weighted by Crippen LogP contribution is 2.25. The number of benzene rings is 1. The Morgan fingerprint density at radius 3 is 2.69 bits per heavy atom. The molecule has 1 aromatic carbocycles. The Labute approximate surface area is 187 Å². The number of hydrogen-bond donors (Lipinski definition) is 1. The van der Waals surface area contributed by atoms with Crippen LogP contribution in [0.1, 0.15) is 26.2 Å². The van der Waals surface area contributed by atoms with Crippen LogP contribution in [0.3, 0.4) is 0 Å². The molecule has 1 amide bonds. The number of carbonyl (C=O) groups excluding carboxylic acids is 1. The molecule has 1 aromatic heterocycles. The largest absolute Gasteiger partial charge is 0.493 e. The third-order valence-electron chi connectivity index (χ3n) is 5.67. The number of para-hydroxylation sites is 2. The van der Waals surface area contributed by atoms with Crippen LogP contribution in [0.5, 0.6) is 11.5 Å². The number of rotatable bonds is 9. The van der Waals surface area contributed by atoms with Crippen molar-refractivity contribution in [3.05, 3.63) is 51.2 Å². The van der Waals surface area contributed by atoms with Crippen LogP contribution in [0.2, 0.25) is 0 Å². The molecule has 2 heterocycles. The lowest BCUT2D eigenvalue weighted by Crippen LogP contribution is -2.47. The van der Waals surface area contributed by atoms with Crippen molar-refractivity contribution in [1.82, 2.24) is 14.5 Å². The summed E-state index contributed by atoms with van der Waals surface area (Å²) in [5.41, 5.74) is -0.660. The molecule has 1 aliphatic heterocycles. The van der Waals surface area contributed by atoms with Crippen molar-refractivity contribution < 1.29 is 14.3 Å². The van der Waals surface area contributed by atoms with Gasteiger partial charge in [0, 0.05) is 32.7 Å². The number of hydrogen-bond acceptors (Lipinski definition) is 6. The number of carbonyl (C=O) groups is 1. The summed E-state index contributed by atoms with van der Waals surface area (Å²) >= 11 is 0. The molecule has 1 saturated heterocycles. The Morgan fingerprint density at radius 1 is 1.22 bits per heavy atom. The normalized spacial score (nSPS) is 16.0. The van der Waals surface area contributed by atoms with E-state index in [2.05, 4.69) is 5.32 Å². The fourth-order valence-corrected chi connectivity index (χ4v) is 3.97. The summed E-state index contributed by atoms with van der Waals surface area (Å²) in [5, 5.41) is 2.94. The number of nitrogens with zero attached hydrogens (tertiary/aromatic N) is 3. The molecular weight excluding hydrogens is 412 g/mol. The summed E-state index contributed by atoms with van der Waals surface area (Å²) in [5.74, 6) is 1.61. The van der Waals surface area contributed by atoms with Crippen molar-refractivity contribution in [1.29, 1.82) is 0 Å². The van der Waals surface area contributed by atoms with Gasteiger partial charge in [-0.3, -0.25) is 18.7 Å². The van der Waals surface area contributed by atoms with Gasteiger partial charge in [-0.2, -0.15) is 0 Å². The van der Waals surface area contributed by atoms with Gasteiger partial charge in [-0.25, -0.2) is 4.79 Å². The van der Waals surface area contributed by atoms with Gasteiger partial charge in [-0.1, -0.05) is 19.1 Å². The lowest BCUT2D eigenvalue weighted by atomic mass is 9.97. The number of amides is 1. The molecular formula is C23H32N4O5. The van der Waals surface area contributed by atoms with Gasteiger partial charge in [0.15, 0.2) is 11.5 Å². The molecule has 1 N–H and O–H groups in total. The van der Waals surface area contributed by atoms with Crippen LogP contribution in [0.25, 0.3) is 0 Å². The molecule has 0 aliphatic carbocycles. The van der Waals surface area contributed by atoms with E-state index in [0.29, 0.717) is 50.1 Å². The highest BCUT2D eigenvalue weighted by atomic mass is 16.5. The van der Waals surface area contributed by atoms with Crippen LogP contribution in [0.15, 0.2) is 39.9 Å². The molecule has 1 unspecified atom stereocenters. The molecule has 3 rings (SSSR count). The number of anilines is 1. The van der Waals surface area contributed by atoms with E-state index in [1.54, 1.807) is 11.7 Å². The Kier molecular flexibility index (Phi) is 7.97. The number of aromatic nitrogens is 2. The smallest absolute Gasteiger partial charge is 0.332 e. The van der Waals surface area contributed by atoms with Gasteiger partial charge in [-0.05, 0) is 31.4 Å². The zero-order valence-electron chi connectivity index (χ0n) is 19.0. The first-order valence-corrected chi connectivity index (χ1v) is 11.1. The van der Waals surface area contributed by atoms with Crippen molar-refractivity contribution in [3.63, 3.8) is 0 Å². The van der Waals surface area contributed by atoms with Crippen LogP contribution in [-0.2, 0) is 18.4 Å². The van der Waals surface area contributed by atoms with Crippen LogP contribution < -0.4 is 30.9 Å². The van der Waals surface area contributed by atoms with Crippen LogP contribution >= 0.6 is 0 Å². The first kappa shape index (κ1) is 23.4. The van der Waals surface area contributed by atoms with E-state index in [1.165, 1.54) is 13.1 Å². The minimum atomic E-state index is -0.336. The third-order valence-corrected chi connectivity index (χ3v) is 5.67. The van der Waals surface area contributed by atoms with Gasteiger partial charge in [0.1, 0.15) is 12.4 Å². The van der Waals surface area contributed by atoms with Crippen molar-refractivity contribution in [2.24, 2.45) is 13.0 Å². The predicted octanol–water partition coefficient (Wildman–Crippen LogP) is 1.38. The second kappa shape index (κ2) is 10.9. The van der Waals surface area contributed by atoms with E-state index < -0.39 is 0 Å². The molecule has 9 nitrogen and oxygen atoms in total. The summed E-state index contributed by atoms with van der Waals surface area (Å²) in [6.07, 6.45) is 2.35. The monoisotopic (exact) mass is 444 g/mol. The predicted molar refractivity (Wildman–Crippen MR) is 123 cm³/mol. The molecule has 0 saturated carbocycles. The second-order valence-corrected chi connectivity index (χ2v) is 7.91. The van der Waals surface area contributed by atoms with E-state index >= 15 is 0 Å². The van der Waals surface area contributed by atoms with Crippen molar-refractivity contribution in [2.75, 3.05) is 38.3 Å². The average Bonchev–Trinajstić information content (AvgIpc) is 2.82. The van der Waals surface area contributed by atoms with Gasteiger partial charge in [0.2, 0.25) is 5.91 Å². The average molecular weight is 445 g/mol. The summed E-state index contributed by atoms with van der Waals surface area (Å²) in [6, 6.07) is 8.87. The lowest BCUT2D eigenvalue weighted by molar-refractivity contribution is -0.125. The highest BCUT2D eigenvalue weighted by Gasteiger charge is 2.27. The quantitative estimate of drug-likeness (QED) is 0.587. The number of ether oxygens (including phenoxy) is 2. The van der Waals surface area contributed by atoms with E-state index in [-0.39, 0.29) is 23.1 Å². The van der Waals surface area contributed by atoms with E-state index in [1.807, 2.05) is 36.1 Å². The third kappa shape index (κ3) is 5.33. The van der Waals surface area contributed by atoms with Crippen molar-refractivity contribution in [3.8, 4) is 11.5 Å². The second-order valence-electron chi connectivity index (χ2n) is 7.91. The van der Waals surface area contributed by atoms with Gasteiger partial charge in [-0.15, -0.1) is 0 Å². The molecule has 1 aliphatic rings. The molecule has 0 radical (unpaired) electrons. The Balaban J connectivity index is 1.61. The van der Waals surface area contributed by atoms with E-state index in [0.717, 1.165) is 23.8 Å². The number of nitrogens with one attached hydrogen (secondary N) is 1. The number of methoxy groups -OCH3 is 1. The number of piperidine rings is 1. The molecule has 1 atom stereocenters. The van der Waals surface area contributed by atoms with Crippen LogP contribution in [0.4, 0.5) is 5.82 Å². The van der Waals surface area contributed by atoms with Crippen LogP contribution in [-0.4, -0.2) is 48.4 Å². The maximum atomic E-state index is 12.8. The topological polar surface area (TPSA) is 94.8 Å². The summed E-state index contributed by atoms with van der Waals surface area (Å²) in [7, 11) is 3.07. The first-order chi connectivity index (χ1) is 15.5. The Morgan fingerprint density at radius 2 is 1.97 bits per heavy atom. The maximum Gasteiger partial charge on any atom is 0.332 e. The van der Waals surface area contributed by atoms with Crippen LogP contribution in [0, 0.1) is 5.92 Å². The summed E-state index contributed by atoms with van der Waals surface area (Å²) < 4.78 is 13.7. The molecule has 0 spiro atoms. The summed E-state index contributed by atoms with van der Waals surface area (Å²) in [4.78, 5) is 39.6. The zero-order valence-corrected chi connectivity index (χ0v) is 19.0. The molecule has 1 fully saturated rings. The minimum Gasteiger partial charge on any atom is -0.493 e. The zero-order chi connectivity index (χ0) is 23.1.